The molecule has 1 saturated heterocycles. The molecule has 0 atom stereocenters. The Morgan fingerprint density at radius 2 is 1.86 bits per heavy atom. The van der Waals surface area contributed by atoms with Crippen molar-refractivity contribution in [1.29, 1.82) is 0 Å². The van der Waals surface area contributed by atoms with Gasteiger partial charge in [0.2, 0.25) is 0 Å². The number of sulfone groups is 1. The SMILES string of the molecule is O=C(C(F)F)N1CCCS(=O)(=O)CC1. The number of halogens is 2. The van der Waals surface area contributed by atoms with Crippen LogP contribution in [0.25, 0.3) is 0 Å². The van der Waals surface area contributed by atoms with E-state index in [9.17, 15) is 22.0 Å². The minimum absolute atomic E-state index is 0.0278. The van der Waals surface area contributed by atoms with Crippen molar-refractivity contribution >= 4 is 15.7 Å². The van der Waals surface area contributed by atoms with Crippen LogP contribution in [0.3, 0.4) is 0 Å². The maximum atomic E-state index is 12.0. The van der Waals surface area contributed by atoms with Crippen LogP contribution in [-0.4, -0.2) is 50.2 Å². The van der Waals surface area contributed by atoms with Crippen molar-refractivity contribution in [3.63, 3.8) is 0 Å². The molecule has 0 bridgehead atoms. The standard InChI is InChI=1S/C7H11F2NO3S/c8-6(9)7(11)10-2-1-4-14(12,13)5-3-10/h6H,1-5H2. The molecule has 0 radical (unpaired) electrons. The fourth-order valence-electron chi connectivity index (χ4n) is 1.30. The van der Waals surface area contributed by atoms with Gasteiger partial charge in [0.15, 0.2) is 9.84 Å². The third kappa shape index (κ3) is 2.90. The van der Waals surface area contributed by atoms with Gasteiger partial charge in [-0.25, -0.2) is 8.42 Å². The normalized spacial score (nSPS) is 22.1. The third-order valence-electron chi connectivity index (χ3n) is 2.05. The van der Waals surface area contributed by atoms with E-state index in [-0.39, 0.29) is 31.0 Å². The molecule has 1 aliphatic heterocycles. The van der Waals surface area contributed by atoms with Crippen molar-refractivity contribution in [2.75, 3.05) is 24.6 Å². The van der Waals surface area contributed by atoms with Crippen LogP contribution in [0.2, 0.25) is 0 Å². The number of rotatable bonds is 1. The Kier molecular flexibility index (Phi) is 3.41. The van der Waals surface area contributed by atoms with Gasteiger partial charge in [-0.05, 0) is 6.42 Å². The van der Waals surface area contributed by atoms with Crippen molar-refractivity contribution in [3.8, 4) is 0 Å². The molecule has 14 heavy (non-hydrogen) atoms. The highest BCUT2D eigenvalue weighted by atomic mass is 32.2. The molecule has 1 heterocycles. The van der Waals surface area contributed by atoms with E-state index in [1.807, 2.05) is 0 Å². The highest BCUT2D eigenvalue weighted by molar-refractivity contribution is 7.91. The Hall–Kier alpha value is -0.720. The number of carbonyl (C=O) groups excluding carboxylic acids is 1. The first-order valence-corrected chi connectivity index (χ1v) is 6.02. The molecule has 4 nitrogen and oxygen atoms in total. The van der Waals surface area contributed by atoms with Crippen LogP contribution in [0.15, 0.2) is 0 Å². The Labute approximate surface area is 80.8 Å². The number of carbonyl (C=O) groups is 1. The summed E-state index contributed by atoms with van der Waals surface area (Å²) in [6.45, 7) is -0.0199. The largest absolute Gasteiger partial charge is 0.337 e. The summed E-state index contributed by atoms with van der Waals surface area (Å²) in [4.78, 5) is 11.8. The van der Waals surface area contributed by atoms with E-state index in [1.54, 1.807) is 0 Å². The van der Waals surface area contributed by atoms with Crippen molar-refractivity contribution in [3.05, 3.63) is 0 Å². The Morgan fingerprint density at radius 1 is 1.21 bits per heavy atom. The Morgan fingerprint density at radius 3 is 2.43 bits per heavy atom. The molecule has 0 aromatic heterocycles. The molecule has 0 aliphatic carbocycles. The molecule has 1 rings (SSSR count). The second-order valence-electron chi connectivity index (χ2n) is 3.13. The van der Waals surface area contributed by atoms with E-state index in [2.05, 4.69) is 0 Å². The van der Waals surface area contributed by atoms with Crippen molar-refractivity contribution < 1.29 is 22.0 Å². The molecule has 0 saturated carbocycles. The molecular weight excluding hydrogens is 216 g/mol. The first-order valence-electron chi connectivity index (χ1n) is 4.20. The van der Waals surface area contributed by atoms with Gasteiger partial charge in [0.05, 0.1) is 11.5 Å². The van der Waals surface area contributed by atoms with Gasteiger partial charge in [0, 0.05) is 13.1 Å². The minimum Gasteiger partial charge on any atom is -0.337 e. The van der Waals surface area contributed by atoms with E-state index >= 15 is 0 Å². The average molecular weight is 227 g/mol. The first kappa shape index (κ1) is 11.4. The maximum absolute atomic E-state index is 12.0. The summed E-state index contributed by atoms with van der Waals surface area (Å²) >= 11 is 0. The van der Waals surface area contributed by atoms with Gasteiger partial charge >= 0.3 is 6.43 Å². The molecule has 0 N–H and O–H groups in total. The van der Waals surface area contributed by atoms with Crippen LogP contribution in [0.5, 0.6) is 0 Å². The lowest BCUT2D eigenvalue weighted by Gasteiger charge is -2.18. The van der Waals surface area contributed by atoms with Crippen LogP contribution in [-0.2, 0) is 14.6 Å². The summed E-state index contributed by atoms with van der Waals surface area (Å²) in [6, 6.07) is 0. The number of amides is 1. The Balaban J connectivity index is 2.63. The van der Waals surface area contributed by atoms with Gasteiger partial charge in [-0.2, -0.15) is 8.78 Å². The fourth-order valence-corrected chi connectivity index (χ4v) is 2.57. The van der Waals surface area contributed by atoms with E-state index in [4.69, 9.17) is 0 Å². The lowest BCUT2D eigenvalue weighted by atomic mass is 10.4. The van der Waals surface area contributed by atoms with E-state index in [1.165, 1.54) is 0 Å². The second kappa shape index (κ2) is 4.20. The van der Waals surface area contributed by atoms with Crippen molar-refractivity contribution in [2.24, 2.45) is 0 Å². The Bertz CT molecular complexity index is 315. The zero-order valence-corrected chi connectivity index (χ0v) is 8.27. The molecule has 82 valence electrons. The molecule has 0 aromatic carbocycles. The van der Waals surface area contributed by atoms with Gasteiger partial charge in [0.1, 0.15) is 0 Å². The first-order chi connectivity index (χ1) is 6.42. The topological polar surface area (TPSA) is 54.5 Å². The monoisotopic (exact) mass is 227 g/mol. The fraction of sp³-hybridized carbons (Fsp3) is 0.857. The van der Waals surface area contributed by atoms with Gasteiger partial charge in [-0.3, -0.25) is 4.79 Å². The molecule has 0 aromatic rings. The molecule has 1 fully saturated rings. The lowest BCUT2D eigenvalue weighted by molar-refractivity contribution is -0.142. The number of hydrogen-bond acceptors (Lipinski definition) is 3. The minimum atomic E-state index is -3.15. The molecule has 0 unspecified atom stereocenters. The van der Waals surface area contributed by atoms with Crippen molar-refractivity contribution in [2.45, 2.75) is 12.8 Å². The summed E-state index contributed by atoms with van der Waals surface area (Å²) < 4.78 is 46.2. The van der Waals surface area contributed by atoms with Gasteiger partial charge < -0.3 is 4.90 Å². The molecule has 0 spiro atoms. The average Bonchev–Trinajstić information content (AvgIpc) is 2.25. The number of hydrogen-bond donors (Lipinski definition) is 0. The van der Waals surface area contributed by atoms with Crippen LogP contribution >= 0.6 is 0 Å². The van der Waals surface area contributed by atoms with Crippen molar-refractivity contribution in [1.82, 2.24) is 4.90 Å². The third-order valence-corrected chi connectivity index (χ3v) is 3.77. The molecule has 7 heteroatoms. The van der Waals surface area contributed by atoms with E-state index < -0.39 is 22.2 Å². The summed E-state index contributed by atoms with van der Waals surface area (Å²) in [5, 5.41) is 0. The number of nitrogens with zero attached hydrogens (tertiary/aromatic N) is 1. The molecular formula is C7H11F2NO3S. The highest BCUT2D eigenvalue weighted by Gasteiger charge is 2.27. The summed E-state index contributed by atoms with van der Waals surface area (Å²) in [7, 11) is -3.15. The summed E-state index contributed by atoms with van der Waals surface area (Å²) in [6.07, 6.45) is -2.81. The number of alkyl halides is 2. The maximum Gasteiger partial charge on any atom is 0.315 e. The van der Waals surface area contributed by atoms with Crippen LogP contribution in [0.1, 0.15) is 6.42 Å². The summed E-state index contributed by atoms with van der Waals surface area (Å²) in [5.74, 6) is -1.52. The van der Waals surface area contributed by atoms with Gasteiger partial charge in [-0.1, -0.05) is 0 Å². The summed E-state index contributed by atoms with van der Waals surface area (Å²) in [5.41, 5.74) is 0. The molecule has 1 amide bonds. The van der Waals surface area contributed by atoms with Crippen LogP contribution in [0.4, 0.5) is 8.78 Å². The lowest BCUT2D eigenvalue weighted by Crippen LogP contribution is -2.37. The predicted octanol–water partition coefficient (Wildman–Crippen LogP) is -0.101. The van der Waals surface area contributed by atoms with E-state index in [0.717, 1.165) is 4.90 Å². The highest BCUT2D eigenvalue weighted by Crippen LogP contribution is 2.08. The zero-order valence-electron chi connectivity index (χ0n) is 7.45. The quantitative estimate of drug-likeness (QED) is 0.628. The van der Waals surface area contributed by atoms with Crippen LogP contribution < -0.4 is 0 Å². The predicted molar refractivity (Wildman–Crippen MR) is 45.9 cm³/mol. The molecule has 1 aliphatic rings. The van der Waals surface area contributed by atoms with Crippen LogP contribution in [0, 0.1) is 0 Å². The van der Waals surface area contributed by atoms with Gasteiger partial charge in [0.25, 0.3) is 5.91 Å². The second-order valence-corrected chi connectivity index (χ2v) is 5.43. The smallest absolute Gasteiger partial charge is 0.315 e. The van der Waals surface area contributed by atoms with Gasteiger partial charge in [-0.15, -0.1) is 0 Å². The zero-order chi connectivity index (χ0) is 10.8. The van der Waals surface area contributed by atoms with E-state index in [0.29, 0.717) is 0 Å².